The van der Waals surface area contributed by atoms with E-state index in [1.54, 1.807) is 0 Å². The molecule has 4 nitrogen and oxygen atoms in total. The summed E-state index contributed by atoms with van der Waals surface area (Å²) in [5, 5.41) is 9.29. The number of benzene rings is 1. The van der Waals surface area contributed by atoms with Crippen molar-refractivity contribution < 1.29 is 36.2 Å². The zero-order chi connectivity index (χ0) is 22.8. The fourth-order valence-corrected chi connectivity index (χ4v) is 3.05. The van der Waals surface area contributed by atoms with Crippen molar-refractivity contribution in [3.05, 3.63) is 89.0 Å². The normalized spacial score (nSPS) is 13.1. The van der Waals surface area contributed by atoms with E-state index in [9.17, 15) is 36.2 Å². The Labute approximate surface area is 172 Å². The Hall–Kier alpha value is -3.43. The summed E-state index contributed by atoms with van der Waals surface area (Å²) in [5.41, 5.74) is -2.60. The number of rotatable bonds is 5. The highest BCUT2D eigenvalue weighted by molar-refractivity contribution is 5.95. The molecular weight excluding hydrogens is 426 g/mol. The lowest BCUT2D eigenvalue weighted by Gasteiger charge is -2.21. The maximum Gasteiger partial charge on any atom is 0.418 e. The van der Waals surface area contributed by atoms with Gasteiger partial charge in [0.15, 0.2) is 5.78 Å². The molecule has 0 unspecified atom stereocenters. The van der Waals surface area contributed by atoms with Gasteiger partial charge in [0.1, 0.15) is 11.4 Å². The summed E-state index contributed by atoms with van der Waals surface area (Å²) >= 11 is 0. The van der Waals surface area contributed by atoms with Crippen LogP contribution in [0, 0.1) is 0 Å². The Kier molecular flexibility index (Phi) is 6.01. The largest absolute Gasteiger partial charge is 0.506 e. The minimum absolute atomic E-state index is 0.0596. The van der Waals surface area contributed by atoms with Crippen molar-refractivity contribution in [1.82, 2.24) is 9.97 Å². The van der Waals surface area contributed by atoms with Crippen molar-refractivity contribution in [3.8, 4) is 5.75 Å². The third-order valence-corrected chi connectivity index (χ3v) is 4.54. The monoisotopic (exact) mass is 440 g/mol. The molecule has 0 saturated heterocycles. The maximum atomic E-state index is 13.5. The molecule has 3 aromatic rings. The van der Waals surface area contributed by atoms with Gasteiger partial charge in [0.2, 0.25) is 0 Å². The number of alkyl halides is 6. The van der Waals surface area contributed by atoms with E-state index < -0.39 is 47.3 Å². The number of hydrogen-bond acceptors (Lipinski definition) is 4. The molecule has 2 heterocycles. The van der Waals surface area contributed by atoms with Gasteiger partial charge in [-0.15, -0.1) is 0 Å². The van der Waals surface area contributed by atoms with Crippen molar-refractivity contribution in [1.29, 1.82) is 0 Å². The van der Waals surface area contributed by atoms with Gasteiger partial charge < -0.3 is 5.11 Å². The number of hydrogen-bond donors (Lipinski definition) is 1. The molecule has 2 aromatic heterocycles. The number of halogens is 6. The molecular formula is C21H14F6N2O2. The SMILES string of the molecule is O=C(C[C@@H](c1ccc(C(F)(F)F)cc1)c1ncccc1C(F)(F)F)c1ccc(O)cn1. The van der Waals surface area contributed by atoms with Gasteiger partial charge in [-0.05, 0) is 42.0 Å². The van der Waals surface area contributed by atoms with Crippen LogP contribution in [0.15, 0.2) is 60.9 Å². The first-order chi connectivity index (χ1) is 14.5. The standard InChI is InChI=1S/C21H14F6N2O2/c22-20(23,24)13-5-3-12(4-6-13)15(10-18(31)17-8-7-14(30)11-29-17)19-16(21(25,26)27)2-1-9-28-19/h1-9,11,15,30H,10H2/t15-/m0/s1. The van der Waals surface area contributed by atoms with Gasteiger partial charge >= 0.3 is 12.4 Å². The third-order valence-electron chi connectivity index (χ3n) is 4.54. The first-order valence-electron chi connectivity index (χ1n) is 8.84. The predicted octanol–water partition coefficient (Wildman–Crippen LogP) is 5.62. The molecule has 0 fully saturated rings. The fourth-order valence-electron chi connectivity index (χ4n) is 3.05. The van der Waals surface area contributed by atoms with Crippen molar-refractivity contribution >= 4 is 5.78 Å². The second-order valence-electron chi connectivity index (χ2n) is 6.64. The lowest BCUT2D eigenvalue weighted by atomic mass is 9.86. The Morgan fingerprint density at radius 1 is 0.903 bits per heavy atom. The van der Waals surface area contributed by atoms with E-state index in [0.717, 1.165) is 48.8 Å². The Morgan fingerprint density at radius 2 is 1.58 bits per heavy atom. The number of nitrogens with zero attached hydrogens (tertiary/aromatic N) is 2. The summed E-state index contributed by atoms with van der Waals surface area (Å²) in [6.45, 7) is 0. The highest BCUT2D eigenvalue weighted by atomic mass is 19.4. The molecule has 0 amide bonds. The van der Waals surface area contributed by atoms with Gasteiger partial charge in [0.25, 0.3) is 0 Å². The molecule has 1 atom stereocenters. The van der Waals surface area contributed by atoms with Crippen LogP contribution in [-0.4, -0.2) is 20.9 Å². The molecule has 31 heavy (non-hydrogen) atoms. The van der Waals surface area contributed by atoms with Gasteiger partial charge in [-0.3, -0.25) is 9.78 Å². The summed E-state index contributed by atoms with van der Waals surface area (Å²) in [7, 11) is 0. The van der Waals surface area contributed by atoms with Crippen LogP contribution >= 0.6 is 0 Å². The molecule has 0 radical (unpaired) electrons. The second-order valence-corrected chi connectivity index (χ2v) is 6.64. The highest BCUT2D eigenvalue weighted by Gasteiger charge is 2.37. The molecule has 1 aromatic carbocycles. The van der Waals surface area contributed by atoms with Crippen molar-refractivity contribution in [3.63, 3.8) is 0 Å². The maximum absolute atomic E-state index is 13.5. The molecule has 0 saturated carbocycles. The van der Waals surface area contributed by atoms with E-state index in [2.05, 4.69) is 9.97 Å². The summed E-state index contributed by atoms with van der Waals surface area (Å²) in [4.78, 5) is 20.2. The average molecular weight is 440 g/mol. The fraction of sp³-hybridized carbons (Fsp3) is 0.190. The topological polar surface area (TPSA) is 63.1 Å². The zero-order valence-electron chi connectivity index (χ0n) is 15.6. The van der Waals surface area contributed by atoms with Crippen molar-refractivity contribution in [2.75, 3.05) is 0 Å². The Morgan fingerprint density at radius 3 is 2.13 bits per heavy atom. The lowest BCUT2D eigenvalue weighted by Crippen LogP contribution is -2.18. The van der Waals surface area contributed by atoms with Crippen molar-refractivity contribution in [2.24, 2.45) is 0 Å². The van der Waals surface area contributed by atoms with Gasteiger partial charge in [0.05, 0.1) is 23.0 Å². The van der Waals surface area contributed by atoms with Crippen LogP contribution in [-0.2, 0) is 12.4 Å². The summed E-state index contributed by atoms with van der Waals surface area (Å²) in [6, 6.07) is 7.80. The van der Waals surface area contributed by atoms with Gasteiger partial charge in [-0.2, -0.15) is 26.3 Å². The summed E-state index contributed by atoms with van der Waals surface area (Å²) in [6.07, 6.45) is -7.81. The van der Waals surface area contributed by atoms with Gasteiger partial charge in [-0.25, -0.2) is 4.98 Å². The number of carbonyl (C=O) groups excluding carboxylic acids is 1. The van der Waals surface area contributed by atoms with Crippen LogP contribution < -0.4 is 0 Å². The van der Waals surface area contributed by atoms with Crippen molar-refractivity contribution in [2.45, 2.75) is 24.7 Å². The summed E-state index contributed by atoms with van der Waals surface area (Å²) < 4.78 is 79.3. The number of Topliss-reactive ketones (excluding diaryl/α,β-unsaturated/α-hetero) is 1. The minimum atomic E-state index is -4.78. The minimum Gasteiger partial charge on any atom is -0.506 e. The number of ketones is 1. The first kappa shape index (κ1) is 22.3. The molecule has 1 N–H and O–H groups in total. The van der Waals surface area contributed by atoms with E-state index in [1.165, 1.54) is 12.1 Å². The molecule has 0 aliphatic rings. The Balaban J connectivity index is 2.07. The number of pyridine rings is 2. The Bertz CT molecular complexity index is 1060. The molecule has 0 aliphatic carbocycles. The number of carbonyl (C=O) groups is 1. The summed E-state index contributed by atoms with van der Waals surface area (Å²) in [5.74, 6) is -2.15. The van der Waals surface area contributed by atoms with E-state index in [0.29, 0.717) is 0 Å². The van der Waals surface area contributed by atoms with Crippen LogP contribution in [0.3, 0.4) is 0 Å². The first-order valence-corrected chi connectivity index (χ1v) is 8.84. The van der Waals surface area contributed by atoms with Gasteiger partial charge in [-0.1, -0.05) is 12.1 Å². The molecule has 10 heteroatoms. The van der Waals surface area contributed by atoms with Crippen LogP contribution in [0.25, 0.3) is 0 Å². The molecule has 0 spiro atoms. The second kappa shape index (κ2) is 8.37. The lowest BCUT2D eigenvalue weighted by molar-refractivity contribution is -0.139. The smallest absolute Gasteiger partial charge is 0.418 e. The van der Waals surface area contributed by atoms with Crippen LogP contribution in [0.4, 0.5) is 26.3 Å². The zero-order valence-corrected chi connectivity index (χ0v) is 15.6. The van der Waals surface area contributed by atoms with E-state index in [1.807, 2.05) is 0 Å². The predicted molar refractivity (Wildman–Crippen MR) is 97.4 cm³/mol. The van der Waals surface area contributed by atoms with Crippen LogP contribution in [0.1, 0.15) is 45.2 Å². The average Bonchev–Trinajstić information content (AvgIpc) is 2.71. The number of aromatic nitrogens is 2. The van der Waals surface area contributed by atoms with Crippen LogP contribution in [0.5, 0.6) is 5.75 Å². The van der Waals surface area contributed by atoms with E-state index in [4.69, 9.17) is 0 Å². The van der Waals surface area contributed by atoms with Crippen LogP contribution in [0.2, 0.25) is 0 Å². The highest BCUT2D eigenvalue weighted by Crippen LogP contribution is 2.39. The van der Waals surface area contributed by atoms with Gasteiger partial charge in [0, 0.05) is 18.5 Å². The quantitative estimate of drug-likeness (QED) is 0.413. The molecule has 162 valence electrons. The molecule has 0 aliphatic heterocycles. The van der Waals surface area contributed by atoms with E-state index >= 15 is 0 Å². The molecule has 0 bridgehead atoms. The third kappa shape index (κ3) is 5.19. The number of aromatic hydroxyl groups is 1. The molecule has 3 rings (SSSR count). The van der Waals surface area contributed by atoms with E-state index in [-0.39, 0.29) is 17.0 Å².